The zero-order valence-corrected chi connectivity index (χ0v) is 11.0. The zero-order chi connectivity index (χ0) is 11.5. The van der Waals surface area contributed by atoms with Crippen molar-refractivity contribution in [1.29, 1.82) is 0 Å². The van der Waals surface area contributed by atoms with Crippen molar-refractivity contribution in [2.45, 2.75) is 12.8 Å². The molecule has 1 aliphatic carbocycles. The first-order valence-corrected chi connectivity index (χ1v) is 5.44. The van der Waals surface area contributed by atoms with E-state index in [-0.39, 0.29) is 12.4 Å². The summed E-state index contributed by atoms with van der Waals surface area (Å²) < 4.78 is 10.6. The minimum absolute atomic E-state index is 0. The summed E-state index contributed by atoms with van der Waals surface area (Å²) in [5.41, 5.74) is 9.43. The minimum Gasteiger partial charge on any atom is -0.493 e. The Morgan fingerprint density at radius 2 is 1.82 bits per heavy atom. The van der Waals surface area contributed by atoms with Crippen LogP contribution in [0.25, 0.3) is 5.57 Å². The van der Waals surface area contributed by atoms with Gasteiger partial charge in [0, 0.05) is 6.54 Å². The van der Waals surface area contributed by atoms with Crippen LogP contribution in [0.3, 0.4) is 0 Å². The molecule has 0 spiro atoms. The second-order valence-corrected chi connectivity index (χ2v) is 3.84. The van der Waals surface area contributed by atoms with Crippen LogP contribution in [0.2, 0.25) is 0 Å². The van der Waals surface area contributed by atoms with E-state index in [1.807, 2.05) is 6.07 Å². The zero-order valence-electron chi connectivity index (χ0n) is 10.2. The number of halogens is 1. The molecule has 0 atom stereocenters. The Hall–Kier alpha value is -1.19. The summed E-state index contributed by atoms with van der Waals surface area (Å²) in [7, 11) is 3.31. The first-order chi connectivity index (χ1) is 7.80. The number of hydrogen-bond acceptors (Lipinski definition) is 3. The highest BCUT2D eigenvalue weighted by molar-refractivity contribution is 5.85. The third kappa shape index (κ3) is 2.56. The van der Waals surface area contributed by atoms with Crippen molar-refractivity contribution in [2.75, 3.05) is 20.8 Å². The van der Waals surface area contributed by atoms with Gasteiger partial charge in [0.1, 0.15) is 0 Å². The highest BCUT2D eigenvalue weighted by atomic mass is 35.5. The van der Waals surface area contributed by atoms with Gasteiger partial charge in [0.25, 0.3) is 0 Å². The molecule has 0 heterocycles. The van der Waals surface area contributed by atoms with E-state index in [0.29, 0.717) is 6.54 Å². The van der Waals surface area contributed by atoms with Gasteiger partial charge in [-0.1, -0.05) is 6.08 Å². The van der Waals surface area contributed by atoms with Gasteiger partial charge in [-0.3, -0.25) is 0 Å². The van der Waals surface area contributed by atoms with Crippen molar-refractivity contribution in [3.63, 3.8) is 0 Å². The van der Waals surface area contributed by atoms with Gasteiger partial charge in [-0.2, -0.15) is 0 Å². The van der Waals surface area contributed by atoms with Crippen LogP contribution in [0.5, 0.6) is 11.5 Å². The Kier molecular flexibility index (Phi) is 4.85. The molecule has 1 aliphatic rings. The Bertz CT molecular complexity index is 430. The van der Waals surface area contributed by atoms with Gasteiger partial charge >= 0.3 is 0 Å². The van der Waals surface area contributed by atoms with Crippen molar-refractivity contribution in [1.82, 2.24) is 0 Å². The summed E-state index contributed by atoms with van der Waals surface area (Å²) in [5, 5.41) is 0. The number of nitrogens with two attached hydrogens (primary N) is 1. The van der Waals surface area contributed by atoms with Crippen LogP contribution in [0.1, 0.15) is 17.5 Å². The average Bonchev–Trinajstić information content (AvgIpc) is 2.36. The molecule has 94 valence electrons. The molecule has 0 aliphatic heterocycles. The highest BCUT2D eigenvalue weighted by Crippen LogP contribution is 2.36. The molecule has 0 amide bonds. The van der Waals surface area contributed by atoms with Crippen molar-refractivity contribution in [3.8, 4) is 11.5 Å². The summed E-state index contributed by atoms with van der Waals surface area (Å²) in [6.07, 6.45) is 4.29. The predicted octanol–water partition coefficient (Wildman–Crippen LogP) is 2.41. The van der Waals surface area contributed by atoms with Crippen molar-refractivity contribution in [3.05, 3.63) is 29.3 Å². The number of methoxy groups -OCH3 is 2. The molecule has 2 N–H and O–H groups in total. The monoisotopic (exact) mass is 255 g/mol. The van der Waals surface area contributed by atoms with Gasteiger partial charge in [0.05, 0.1) is 14.2 Å². The van der Waals surface area contributed by atoms with Crippen LogP contribution < -0.4 is 15.2 Å². The first kappa shape index (κ1) is 13.9. The largest absolute Gasteiger partial charge is 0.493 e. The lowest BCUT2D eigenvalue weighted by atomic mass is 9.90. The molecule has 0 aromatic heterocycles. The molecule has 0 saturated heterocycles. The van der Waals surface area contributed by atoms with Crippen molar-refractivity contribution >= 4 is 18.0 Å². The average molecular weight is 256 g/mol. The lowest BCUT2D eigenvalue weighted by molar-refractivity contribution is 0.354. The first-order valence-electron chi connectivity index (χ1n) is 5.44. The maximum atomic E-state index is 5.74. The number of allylic oxidation sites excluding steroid dienone is 1. The molecule has 4 heteroatoms. The van der Waals surface area contributed by atoms with E-state index in [2.05, 4.69) is 12.1 Å². The van der Waals surface area contributed by atoms with Gasteiger partial charge in [-0.05, 0) is 41.7 Å². The second kappa shape index (κ2) is 5.94. The van der Waals surface area contributed by atoms with Gasteiger partial charge in [-0.15, -0.1) is 12.4 Å². The van der Waals surface area contributed by atoms with Crippen LogP contribution in [0.15, 0.2) is 18.2 Å². The van der Waals surface area contributed by atoms with Crippen LogP contribution in [-0.4, -0.2) is 20.8 Å². The molecule has 0 fully saturated rings. The Labute approximate surface area is 108 Å². The van der Waals surface area contributed by atoms with Crippen LogP contribution in [-0.2, 0) is 6.42 Å². The number of fused-ring (bicyclic) bond motifs is 1. The van der Waals surface area contributed by atoms with Crippen molar-refractivity contribution in [2.24, 2.45) is 5.73 Å². The second-order valence-electron chi connectivity index (χ2n) is 3.84. The molecule has 0 radical (unpaired) electrons. The maximum absolute atomic E-state index is 5.74. The maximum Gasteiger partial charge on any atom is 0.161 e. The highest BCUT2D eigenvalue weighted by Gasteiger charge is 2.15. The molecule has 0 saturated carbocycles. The van der Waals surface area contributed by atoms with Gasteiger partial charge < -0.3 is 15.2 Å². The predicted molar refractivity (Wildman–Crippen MR) is 72.1 cm³/mol. The molecule has 0 unspecified atom stereocenters. The number of hydrogen-bond donors (Lipinski definition) is 1. The van der Waals surface area contributed by atoms with Crippen LogP contribution >= 0.6 is 12.4 Å². The van der Waals surface area contributed by atoms with Crippen LogP contribution in [0, 0.1) is 0 Å². The minimum atomic E-state index is 0. The Morgan fingerprint density at radius 1 is 1.18 bits per heavy atom. The fraction of sp³-hybridized carbons (Fsp3) is 0.385. The summed E-state index contributed by atoms with van der Waals surface area (Å²) in [5.74, 6) is 1.56. The third-order valence-electron chi connectivity index (χ3n) is 2.98. The van der Waals surface area contributed by atoms with Crippen LogP contribution in [0.4, 0.5) is 0 Å². The molecule has 17 heavy (non-hydrogen) atoms. The molecule has 1 aromatic rings. The van der Waals surface area contributed by atoms with E-state index < -0.39 is 0 Å². The fourth-order valence-corrected chi connectivity index (χ4v) is 2.13. The molecular formula is C13H18ClNO2. The number of ether oxygens (including phenoxy) is 2. The van der Waals surface area contributed by atoms with E-state index in [1.165, 1.54) is 16.7 Å². The third-order valence-corrected chi connectivity index (χ3v) is 2.98. The fourth-order valence-electron chi connectivity index (χ4n) is 2.13. The van der Waals surface area contributed by atoms with Crippen molar-refractivity contribution < 1.29 is 9.47 Å². The summed E-state index contributed by atoms with van der Waals surface area (Å²) in [6.45, 7) is 0.572. The van der Waals surface area contributed by atoms with E-state index >= 15 is 0 Å². The molecule has 1 aromatic carbocycles. The molecule has 3 nitrogen and oxygen atoms in total. The SMILES string of the molecule is COc1cc2c(cc1OC)C(CN)=CCC2.Cl. The topological polar surface area (TPSA) is 44.5 Å². The quantitative estimate of drug-likeness (QED) is 0.902. The molecular weight excluding hydrogens is 238 g/mol. The smallest absolute Gasteiger partial charge is 0.161 e. The van der Waals surface area contributed by atoms with Gasteiger partial charge in [0.15, 0.2) is 11.5 Å². The summed E-state index contributed by atoms with van der Waals surface area (Å²) in [4.78, 5) is 0. The molecule has 0 bridgehead atoms. The Morgan fingerprint density at radius 3 is 2.41 bits per heavy atom. The van der Waals surface area contributed by atoms with E-state index in [4.69, 9.17) is 15.2 Å². The van der Waals surface area contributed by atoms with Gasteiger partial charge in [-0.25, -0.2) is 0 Å². The lowest BCUT2D eigenvalue weighted by Crippen LogP contribution is -2.09. The number of benzene rings is 1. The summed E-state index contributed by atoms with van der Waals surface area (Å²) >= 11 is 0. The normalized spacial score (nSPS) is 13.2. The Balaban J connectivity index is 0.00000144. The summed E-state index contributed by atoms with van der Waals surface area (Å²) in [6, 6.07) is 4.07. The molecule has 2 rings (SSSR count). The lowest BCUT2D eigenvalue weighted by Gasteiger charge is -2.19. The van der Waals surface area contributed by atoms with E-state index in [1.54, 1.807) is 14.2 Å². The number of rotatable bonds is 3. The van der Waals surface area contributed by atoms with E-state index in [9.17, 15) is 0 Å². The number of aryl methyl sites for hydroxylation is 1. The van der Waals surface area contributed by atoms with Gasteiger partial charge in [0.2, 0.25) is 0 Å². The van der Waals surface area contributed by atoms with E-state index in [0.717, 1.165) is 24.3 Å². The standard InChI is InChI=1S/C13H17NO2.ClH/c1-15-12-6-9-4-3-5-10(8-14)11(9)7-13(12)16-2;/h5-7H,3-4,8,14H2,1-2H3;1H.